The van der Waals surface area contributed by atoms with Crippen molar-refractivity contribution in [3.8, 4) is 0 Å². The van der Waals surface area contributed by atoms with E-state index in [9.17, 15) is 4.39 Å². The normalized spacial score (nSPS) is 11.7. The lowest BCUT2D eigenvalue weighted by Crippen LogP contribution is -2.24. The van der Waals surface area contributed by atoms with E-state index >= 15 is 0 Å². The molecule has 12 heavy (non-hydrogen) atoms. The summed E-state index contributed by atoms with van der Waals surface area (Å²) in [4.78, 5) is 0. The molecule has 2 heteroatoms. The van der Waals surface area contributed by atoms with Gasteiger partial charge in [-0.05, 0) is 38.0 Å². The molecule has 65 valence electrons. The average molecular weight is 166 g/mol. The van der Waals surface area contributed by atoms with Gasteiger partial charge in [0.05, 0.1) is 0 Å². The minimum Gasteiger partial charge on any atom is -0.251 e. The lowest BCUT2D eigenvalue weighted by atomic mass is 9.96. The summed E-state index contributed by atoms with van der Waals surface area (Å²) in [5.74, 6) is -0.221. The van der Waals surface area contributed by atoms with E-state index < -0.39 is 5.54 Å². The molecule has 0 bridgehead atoms. The second kappa shape index (κ2) is 3.23. The predicted octanol–water partition coefficient (Wildman–Crippen LogP) is 2.43. The van der Waals surface area contributed by atoms with Gasteiger partial charge in [-0.3, -0.25) is 5.73 Å². The summed E-state index contributed by atoms with van der Waals surface area (Å²) >= 11 is 0. The summed E-state index contributed by atoms with van der Waals surface area (Å²) in [5.41, 5.74) is 8.17. The fourth-order valence-corrected chi connectivity index (χ4v) is 1.11. The molecule has 0 aliphatic carbocycles. The minimum atomic E-state index is -0.474. The maximum Gasteiger partial charge on any atom is 0.123 e. The van der Waals surface area contributed by atoms with E-state index in [1.165, 1.54) is 12.1 Å². The Bertz CT molecular complexity index is 246. The van der Waals surface area contributed by atoms with Crippen LogP contribution in [0.3, 0.4) is 0 Å². The Morgan fingerprint density at radius 3 is 2.17 bits per heavy atom. The van der Waals surface area contributed by atoms with Crippen molar-refractivity contribution in [2.24, 2.45) is 0 Å². The van der Waals surface area contributed by atoms with E-state index in [1.807, 2.05) is 13.8 Å². The van der Waals surface area contributed by atoms with Crippen molar-refractivity contribution >= 4 is 0 Å². The summed E-state index contributed by atoms with van der Waals surface area (Å²) in [6.45, 7) is 3.69. The summed E-state index contributed by atoms with van der Waals surface area (Å²) < 4.78 is 12.5. The van der Waals surface area contributed by atoms with Crippen LogP contribution < -0.4 is 5.73 Å². The van der Waals surface area contributed by atoms with E-state index in [2.05, 4.69) is 0 Å². The first-order valence-corrected chi connectivity index (χ1v) is 3.97. The molecule has 0 heterocycles. The topological polar surface area (TPSA) is 23.8 Å². The van der Waals surface area contributed by atoms with Gasteiger partial charge in [0, 0.05) is 5.54 Å². The molecule has 0 spiro atoms. The SMILES string of the molecule is CC(C)([NH])Cc1ccc(F)cc1. The predicted molar refractivity (Wildman–Crippen MR) is 47.3 cm³/mol. The van der Waals surface area contributed by atoms with Crippen LogP contribution in [-0.2, 0) is 6.42 Å². The van der Waals surface area contributed by atoms with Crippen LogP contribution in [-0.4, -0.2) is 5.54 Å². The van der Waals surface area contributed by atoms with Gasteiger partial charge >= 0.3 is 0 Å². The largest absolute Gasteiger partial charge is 0.251 e. The van der Waals surface area contributed by atoms with Gasteiger partial charge in [0.25, 0.3) is 0 Å². The highest BCUT2D eigenvalue weighted by Gasteiger charge is 2.12. The molecule has 0 amide bonds. The van der Waals surface area contributed by atoms with Gasteiger partial charge in [-0.2, -0.15) is 0 Å². The first kappa shape index (κ1) is 9.20. The Kier molecular flexibility index (Phi) is 2.48. The van der Waals surface area contributed by atoms with Crippen LogP contribution >= 0.6 is 0 Å². The molecule has 1 rings (SSSR count). The number of rotatable bonds is 2. The van der Waals surface area contributed by atoms with Crippen LogP contribution in [0.5, 0.6) is 0 Å². The van der Waals surface area contributed by atoms with E-state index in [4.69, 9.17) is 5.73 Å². The van der Waals surface area contributed by atoms with Crippen molar-refractivity contribution in [3.05, 3.63) is 35.6 Å². The van der Waals surface area contributed by atoms with Gasteiger partial charge in [0.2, 0.25) is 0 Å². The van der Waals surface area contributed by atoms with Crippen molar-refractivity contribution in [1.29, 1.82) is 0 Å². The molecule has 1 N–H and O–H groups in total. The van der Waals surface area contributed by atoms with Gasteiger partial charge in [0.1, 0.15) is 5.82 Å². The monoisotopic (exact) mass is 166 g/mol. The fraction of sp³-hybridized carbons (Fsp3) is 0.400. The van der Waals surface area contributed by atoms with Crippen molar-refractivity contribution in [2.45, 2.75) is 25.8 Å². The third kappa shape index (κ3) is 3.01. The standard InChI is InChI=1S/C10H13FN/c1-10(2,12)7-8-3-5-9(11)6-4-8/h3-6,12H,7H2,1-2H3. The number of benzene rings is 1. The first-order chi connectivity index (χ1) is 5.47. The van der Waals surface area contributed by atoms with Crippen LogP contribution in [0.2, 0.25) is 0 Å². The second-order valence-electron chi connectivity index (χ2n) is 3.69. The summed E-state index contributed by atoms with van der Waals surface area (Å²) in [6, 6.07) is 6.32. The highest BCUT2D eigenvalue weighted by Crippen LogP contribution is 2.11. The number of nitrogens with one attached hydrogen (secondary N) is 1. The molecule has 0 saturated carbocycles. The quantitative estimate of drug-likeness (QED) is 0.644. The maximum absolute atomic E-state index is 12.5. The lowest BCUT2D eigenvalue weighted by Gasteiger charge is -2.16. The number of hydrogen-bond donors (Lipinski definition) is 0. The van der Waals surface area contributed by atoms with Crippen LogP contribution in [0.4, 0.5) is 4.39 Å². The lowest BCUT2D eigenvalue weighted by molar-refractivity contribution is 0.497. The molecule has 1 aromatic carbocycles. The molecular weight excluding hydrogens is 153 g/mol. The Morgan fingerprint density at radius 2 is 1.75 bits per heavy atom. The Hall–Kier alpha value is -0.890. The molecule has 1 aromatic rings. The Balaban J connectivity index is 2.71. The van der Waals surface area contributed by atoms with E-state index in [0.29, 0.717) is 6.42 Å². The van der Waals surface area contributed by atoms with Gasteiger partial charge in [-0.1, -0.05) is 12.1 Å². The summed E-state index contributed by atoms with van der Waals surface area (Å²) in [5, 5.41) is 0. The summed E-state index contributed by atoms with van der Waals surface area (Å²) in [7, 11) is 0. The van der Waals surface area contributed by atoms with E-state index in [1.54, 1.807) is 12.1 Å². The zero-order chi connectivity index (χ0) is 9.19. The maximum atomic E-state index is 12.5. The zero-order valence-corrected chi connectivity index (χ0v) is 7.39. The van der Waals surface area contributed by atoms with E-state index in [0.717, 1.165) is 5.56 Å². The average Bonchev–Trinajstić information content (AvgIpc) is 1.91. The van der Waals surface area contributed by atoms with Crippen molar-refractivity contribution < 1.29 is 4.39 Å². The smallest absolute Gasteiger partial charge is 0.123 e. The van der Waals surface area contributed by atoms with Crippen molar-refractivity contribution in [1.82, 2.24) is 5.73 Å². The molecule has 0 atom stereocenters. The summed E-state index contributed by atoms with van der Waals surface area (Å²) in [6.07, 6.45) is 0.660. The van der Waals surface area contributed by atoms with Gasteiger partial charge in [0.15, 0.2) is 0 Å². The highest BCUT2D eigenvalue weighted by molar-refractivity contribution is 5.17. The fourth-order valence-electron chi connectivity index (χ4n) is 1.11. The molecule has 0 aromatic heterocycles. The van der Waals surface area contributed by atoms with Crippen molar-refractivity contribution in [2.75, 3.05) is 0 Å². The molecular formula is C10H13FN. The third-order valence-electron chi connectivity index (χ3n) is 1.56. The molecule has 0 unspecified atom stereocenters. The van der Waals surface area contributed by atoms with Crippen LogP contribution in [0.25, 0.3) is 0 Å². The van der Waals surface area contributed by atoms with Crippen LogP contribution in [0.1, 0.15) is 19.4 Å². The Labute approximate surface area is 72.4 Å². The highest BCUT2D eigenvalue weighted by atomic mass is 19.1. The van der Waals surface area contributed by atoms with Gasteiger partial charge in [-0.15, -0.1) is 0 Å². The molecule has 0 fully saturated rings. The molecule has 1 nitrogen and oxygen atoms in total. The molecule has 0 saturated heterocycles. The van der Waals surface area contributed by atoms with Gasteiger partial charge in [-0.25, -0.2) is 4.39 Å². The third-order valence-corrected chi connectivity index (χ3v) is 1.56. The van der Waals surface area contributed by atoms with E-state index in [-0.39, 0.29) is 5.82 Å². The molecule has 0 aliphatic rings. The van der Waals surface area contributed by atoms with Gasteiger partial charge < -0.3 is 0 Å². The minimum absolute atomic E-state index is 0.221. The molecule has 0 aliphatic heterocycles. The zero-order valence-electron chi connectivity index (χ0n) is 7.39. The number of halogens is 1. The van der Waals surface area contributed by atoms with Crippen LogP contribution in [0, 0.1) is 5.82 Å². The Morgan fingerprint density at radius 1 is 1.25 bits per heavy atom. The van der Waals surface area contributed by atoms with Crippen LogP contribution in [0.15, 0.2) is 24.3 Å². The number of hydrogen-bond acceptors (Lipinski definition) is 0. The molecule has 1 radical (unpaired) electrons. The second-order valence-corrected chi connectivity index (χ2v) is 3.69. The van der Waals surface area contributed by atoms with Crippen molar-refractivity contribution in [3.63, 3.8) is 0 Å². The first-order valence-electron chi connectivity index (χ1n) is 3.97.